The van der Waals surface area contributed by atoms with Crippen molar-refractivity contribution in [2.24, 2.45) is 5.73 Å². The number of fused-ring (bicyclic) bond motifs is 1. The summed E-state index contributed by atoms with van der Waals surface area (Å²) in [6.07, 6.45) is 4.67. The fourth-order valence-electron chi connectivity index (χ4n) is 3.14. The van der Waals surface area contributed by atoms with E-state index in [4.69, 9.17) is 5.73 Å². The molecule has 2 N–H and O–H groups in total. The lowest BCUT2D eigenvalue weighted by Crippen LogP contribution is -2.34. The summed E-state index contributed by atoms with van der Waals surface area (Å²) in [6, 6.07) is 2.07. The molecule has 1 aliphatic rings. The van der Waals surface area contributed by atoms with Crippen molar-refractivity contribution in [3.8, 4) is 0 Å². The zero-order chi connectivity index (χ0) is 12.8. The topological polar surface area (TPSA) is 69.1 Å². The first-order valence-electron chi connectivity index (χ1n) is 6.56. The monoisotopic (exact) mass is 245 g/mol. The quantitative estimate of drug-likeness (QED) is 0.870. The molecule has 0 unspecified atom stereocenters. The van der Waals surface area contributed by atoms with Crippen LogP contribution in [0.1, 0.15) is 42.9 Å². The third kappa shape index (κ3) is 1.54. The molecule has 2 heterocycles. The van der Waals surface area contributed by atoms with E-state index in [1.165, 1.54) is 12.8 Å². The predicted octanol–water partition coefficient (Wildman–Crippen LogP) is 1.51. The summed E-state index contributed by atoms with van der Waals surface area (Å²) in [5, 5.41) is 8.62. The number of hydrogen-bond donors (Lipinski definition) is 1. The van der Waals surface area contributed by atoms with Crippen LogP contribution in [0.5, 0.6) is 0 Å². The highest BCUT2D eigenvalue weighted by Gasteiger charge is 2.38. The summed E-state index contributed by atoms with van der Waals surface area (Å²) in [6.45, 7) is 4.70. The van der Waals surface area contributed by atoms with Crippen LogP contribution in [0.25, 0.3) is 5.78 Å². The summed E-state index contributed by atoms with van der Waals surface area (Å²) in [4.78, 5) is 4.44. The lowest BCUT2D eigenvalue weighted by atomic mass is 9.85. The van der Waals surface area contributed by atoms with E-state index in [0.717, 1.165) is 30.1 Å². The fraction of sp³-hybridized carbons (Fsp3) is 0.615. The van der Waals surface area contributed by atoms with Gasteiger partial charge in [0.15, 0.2) is 0 Å². The van der Waals surface area contributed by atoms with E-state index in [1.54, 1.807) is 0 Å². The van der Waals surface area contributed by atoms with Crippen LogP contribution in [0.3, 0.4) is 0 Å². The smallest absolute Gasteiger partial charge is 0.255 e. The molecule has 2 aromatic heterocycles. The SMILES string of the molecule is Cc1cc(C)n2c(C3(CN)CCCC3)nnc2n1. The van der Waals surface area contributed by atoms with Crippen LogP contribution in [0.4, 0.5) is 0 Å². The van der Waals surface area contributed by atoms with Crippen LogP contribution >= 0.6 is 0 Å². The van der Waals surface area contributed by atoms with Gasteiger partial charge in [-0.05, 0) is 32.8 Å². The highest BCUT2D eigenvalue weighted by atomic mass is 15.3. The molecule has 1 aliphatic carbocycles. The van der Waals surface area contributed by atoms with Crippen LogP contribution in [-0.2, 0) is 5.41 Å². The van der Waals surface area contributed by atoms with Gasteiger partial charge in [0.05, 0.1) is 0 Å². The van der Waals surface area contributed by atoms with Gasteiger partial charge in [0.2, 0.25) is 0 Å². The number of nitrogens with zero attached hydrogens (tertiary/aromatic N) is 4. The predicted molar refractivity (Wildman–Crippen MR) is 69.5 cm³/mol. The van der Waals surface area contributed by atoms with Gasteiger partial charge in [-0.1, -0.05) is 12.8 Å². The van der Waals surface area contributed by atoms with Crippen LogP contribution in [0.2, 0.25) is 0 Å². The van der Waals surface area contributed by atoms with E-state index >= 15 is 0 Å². The summed E-state index contributed by atoms with van der Waals surface area (Å²) in [5.41, 5.74) is 8.15. The first kappa shape index (κ1) is 11.6. The van der Waals surface area contributed by atoms with Crippen LogP contribution < -0.4 is 5.73 Å². The number of hydrogen-bond acceptors (Lipinski definition) is 4. The molecule has 0 saturated heterocycles. The number of rotatable bonds is 2. The Morgan fingerprint density at radius 1 is 1.28 bits per heavy atom. The first-order chi connectivity index (χ1) is 8.66. The number of aryl methyl sites for hydroxylation is 2. The molecule has 2 aromatic rings. The van der Waals surface area contributed by atoms with E-state index in [2.05, 4.69) is 32.6 Å². The van der Waals surface area contributed by atoms with Crippen LogP contribution in [0, 0.1) is 13.8 Å². The molecule has 5 heteroatoms. The van der Waals surface area contributed by atoms with Crippen molar-refractivity contribution < 1.29 is 0 Å². The molecule has 0 spiro atoms. The molecule has 5 nitrogen and oxygen atoms in total. The van der Waals surface area contributed by atoms with Crippen LogP contribution in [0.15, 0.2) is 6.07 Å². The van der Waals surface area contributed by atoms with E-state index in [1.807, 2.05) is 6.92 Å². The zero-order valence-electron chi connectivity index (χ0n) is 11.0. The summed E-state index contributed by atoms with van der Waals surface area (Å²) < 4.78 is 2.07. The van der Waals surface area contributed by atoms with Crippen molar-refractivity contribution in [2.75, 3.05) is 6.54 Å². The second kappa shape index (κ2) is 4.02. The van der Waals surface area contributed by atoms with Crippen molar-refractivity contribution in [3.05, 3.63) is 23.3 Å². The second-order valence-corrected chi connectivity index (χ2v) is 5.39. The highest BCUT2D eigenvalue weighted by Crippen LogP contribution is 2.39. The van der Waals surface area contributed by atoms with E-state index < -0.39 is 0 Å². The van der Waals surface area contributed by atoms with E-state index in [-0.39, 0.29) is 5.41 Å². The Labute approximate surface area is 106 Å². The van der Waals surface area contributed by atoms with Gasteiger partial charge in [-0.25, -0.2) is 4.98 Å². The molecule has 1 fully saturated rings. The Balaban J connectivity index is 2.23. The Morgan fingerprint density at radius 3 is 2.67 bits per heavy atom. The maximum absolute atomic E-state index is 6.03. The summed E-state index contributed by atoms with van der Waals surface area (Å²) >= 11 is 0. The van der Waals surface area contributed by atoms with Gasteiger partial charge in [0, 0.05) is 23.3 Å². The van der Waals surface area contributed by atoms with Gasteiger partial charge in [0.1, 0.15) is 5.82 Å². The molecule has 0 aliphatic heterocycles. The van der Waals surface area contributed by atoms with Gasteiger partial charge in [-0.15, -0.1) is 10.2 Å². The maximum atomic E-state index is 6.03. The molecule has 3 rings (SSSR count). The summed E-state index contributed by atoms with van der Waals surface area (Å²) in [5.74, 6) is 1.70. The van der Waals surface area contributed by atoms with Crippen molar-refractivity contribution in [1.29, 1.82) is 0 Å². The Hall–Kier alpha value is -1.49. The number of nitrogens with two attached hydrogens (primary N) is 1. The standard InChI is InChI=1S/C13H19N5/c1-9-7-10(2)18-11(16-17-12(18)15-9)13(8-14)5-3-4-6-13/h7H,3-6,8,14H2,1-2H3. The fourth-order valence-corrected chi connectivity index (χ4v) is 3.14. The molecular formula is C13H19N5. The minimum atomic E-state index is 0.00111. The minimum absolute atomic E-state index is 0.00111. The molecule has 96 valence electrons. The minimum Gasteiger partial charge on any atom is -0.329 e. The van der Waals surface area contributed by atoms with Gasteiger partial charge in [-0.2, -0.15) is 0 Å². The van der Waals surface area contributed by atoms with Crippen molar-refractivity contribution in [1.82, 2.24) is 19.6 Å². The van der Waals surface area contributed by atoms with Gasteiger partial charge in [-0.3, -0.25) is 4.40 Å². The third-order valence-corrected chi connectivity index (χ3v) is 4.12. The maximum Gasteiger partial charge on any atom is 0.255 e. The lowest BCUT2D eigenvalue weighted by molar-refractivity contribution is 0.419. The molecule has 0 amide bonds. The first-order valence-corrected chi connectivity index (χ1v) is 6.56. The third-order valence-electron chi connectivity index (χ3n) is 4.12. The van der Waals surface area contributed by atoms with Gasteiger partial charge < -0.3 is 5.73 Å². The molecule has 0 radical (unpaired) electrons. The van der Waals surface area contributed by atoms with Gasteiger partial charge in [0.25, 0.3) is 5.78 Å². The lowest BCUT2D eigenvalue weighted by Gasteiger charge is -2.25. The molecule has 0 atom stereocenters. The molecule has 0 bridgehead atoms. The Kier molecular flexibility index (Phi) is 2.59. The number of aromatic nitrogens is 4. The normalized spacial score (nSPS) is 18.6. The highest BCUT2D eigenvalue weighted by molar-refractivity contribution is 5.35. The average molecular weight is 245 g/mol. The van der Waals surface area contributed by atoms with E-state index in [9.17, 15) is 0 Å². The second-order valence-electron chi connectivity index (χ2n) is 5.39. The molecule has 18 heavy (non-hydrogen) atoms. The van der Waals surface area contributed by atoms with Gasteiger partial charge >= 0.3 is 0 Å². The molecular weight excluding hydrogens is 226 g/mol. The largest absolute Gasteiger partial charge is 0.329 e. The van der Waals surface area contributed by atoms with Crippen molar-refractivity contribution in [2.45, 2.75) is 44.9 Å². The average Bonchev–Trinajstić information content (AvgIpc) is 2.94. The zero-order valence-corrected chi connectivity index (χ0v) is 11.0. The summed E-state index contributed by atoms with van der Waals surface area (Å²) in [7, 11) is 0. The Morgan fingerprint density at radius 2 is 2.00 bits per heavy atom. The molecule has 0 aromatic carbocycles. The van der Waals surface area contributed by atoms with Crippen molar-refractivity contribution in [3.63, 3.8) is 0 Å². The molecule has 1 saturated carbocycles. The Bertz CT molecular complexity index is 580. The van der Waals surface area contributed by atoms with Crippen molar-refractivity contribution >= 4 is 5.78 Å². The van der Waals surface area contributed by atoms with Crippen LogP contribution in [-0.4, -0.2) is 26.1 Å². The van der Waals surface area contributed by atoms with E-state index in [0.29, 0.717) is 12.3 Å².